The molecule has 0 bridgehead atoms. The molecule has 1 aromatic heterocycles. The average molecular weight is 623 g/mol. The summed E-state index contributed by atoms with van der Waals surface area (Å²) in [5.41, 5.74) is 0.789. The number of alkyl halides is 3. The second-order valence-electron chi connectivity index (χ2n) is 11.7. The lowest BCUT2D eigenvalue weighted by Gasteiger charge is -2.31. The molecular formula is C30H37F3N4O5S. The van der Waals surface area contributed by atoms with Crippen molar-refractivity contribution in [2.24, 2.45) is 0 Å². The standard InChI is InChI=1S/C30H37F3N4O5S/c1-8-37(27(39)42-29(5,6)7)23(16-19-12-14-20(15-13-19)18-34-26(38)41-28(2,3)4)25-36-35-24(43-25)21-10-9-11-22(17-21)40-30(31,32)33/h9-15,17,23H,8,16,18H2,1-7H3,(H,34,38). The lowest BCUT2D eigenvalue weighted by molar-refractivity contribution is -0.274. The van der Waals surface area contributed by atoms with Crippen molar-refractivity contribution in [2.75, 3.05) is 6.54 Å². The number of hydrogen-bond donors (Lipinski definition) is 1. The lowest BCUT2D eigenvalue weighted by atomic mass is 10.0. The van der Waals surface area contributed by atoms with Crippen molar-refractivity contribution in [3.8, 4) is 16.3 Å². The molecule has 0 aliphatic heterocycles. The highest BCUT2D eigenvalue weighted by atomic mass is 32.1. The van der Waals surface area contributed by atoms with E-state index in [2.05, 4.69) is 20.3 Å². The fourth-order valence-electron chi connectivity index (χ4n) is 3.95. The predicted octanol–water partition coefficient (Wildman–Crippen LogP) is 7.67. The Morgan fingerprint density at radius 1 is 0.930 bits per heavy atom. The molecule has 0 saturated carbocycles. The maximum atomic E-state index is 13.2. The van der Waals surface area contributed by atoms with Gasteiger partial charge in [0.1, 0.15) is 27.0 Å². The van der Waals surface area contributed by atoms with E-state index in [0.717, 1.165) is 11.1 Å². The fraction of sp³-hybridized carbons (Fsp3) is 0.467. The molecule has 2 amide bonds. The third kappa shape index (κ3) is 11.0. The molecular weight excluding hydrogens is 585 g/mol. The van der Waals surface area contributed by atoms with Gasteiger partial charge >= 0.3 is 18.5 Å². The third-order valence-corrected chi connectivity index (χ3v) is 6.75. The van der Waals surface area contributed by atoms with Gasteiger partial charge in [-0.3, -0.25) is 4.90 Å². The molecule has 0 saturated heterocycles. The number of alkyl carbamates (subject to hydrolysis) is 1. The number of amides is 2. The van der Waals surface area contributed by atoms with Gasteiger partial charge in [0.2, 0.25) is 0 Å². The van der Waals surface area contributed by atoms with E-state index in [1.165, 1.54) is 29.5 Å². The first-order valence-electron chi connectivity index (χ1n) is 13.7. The number of carbonyl (C=O) groups excluding carboxylic acids is 2. The highest BCUT2D eigenvalue weighted by Crippen LogP contribution is 2.34. The van der Waals surface area contributed by atoms with Gasteiger partial charge in [0.15, 0.2) is 0 Å². The van der Waals surface area contributed by atoms with Crippen LogP contribution in [-0.2, 0) is 22.4 Å². The SMILES string of the molecule is CCN(C(=O)OC(C)(C)C)C(Cc1ccc(CNC(=O)OC(C)(C)C)cc1)c1nnc(-c2cccc(OC(F)(F)F)c2)s1. The summed E-state index contributed by atoms with van der Waals surface area (Å²) in [6, 6.07) is 12.4. The fourth-order valence-corrected chi connectivity index (χ4v) is 4.90. The van der Waals surface area contributed by atoms with Crippen LogP contribution in [0.2, 0.25) is 0 Å². The van der Waals surface area contributed by atoms with Crippen molar-refractivity contribution in [1.82, 2.24) is 20.4 Å². The maximum absolute atomic E-state index is 13.2. The largest absolute Gasteiger partial charge is 0.573 e. The Labute approximate surface area is 253 Å². The Morgan fingerprint density at radius 2 is 1.56 bits per heavy atom. The van der Waals surface area contributed by atoms with E-state index in [4.69, 9.17) is 9.47 Å². The van der Waals surface area contributed by atoms with E-state index in [1.54, 1.807) is 52.5 Å². The summed E-state index contributed by atoms with van der Waals surface area (Å²) in [5, 5.41) is 12.1. The number of nitrogens with one attached hydrogen (secondary N) is 1. The van der Waals surface area contributed by atoms with Gasteiger partial charge in [-0.25, -0.2) is 9.59 Å². The van der Waals surface area contributed by atoms with E-state index >= 15 is 0 Å². The van der Waals surface area contributed by atoms with Crippen LogP contribution in [0.25, 0.3) is 10.6 Å². The van der Waals surface area contributed by atoms with Gasteiger partial charge in [0.25, 0.3) is 0 Å². The molecule has 13 heteroatoms. The molecule has 1 atom stereocenters. The summed E-state index contributed by atoms with van der Waals surface area (Å²) in [4.78, 5) is 26.8. The van der Waals surface area contributed by atoms with Crippen LogP contribution in [0.4, 0.5) is 22.8 Å². The second-order valence-corrected chi connectivity index (χ2v) is 12.7. The number of aromatic nitrogens is 2. The smallest absolute Gasteiger partial charge is 0.444 e. The zero-order valence-corrected chi connectivity index (χ0v) is 26.1. The van der Waals surface area contributed by atoms with Crippen molar-refractivity contribution in [2.45, 2.75) is 85.0 Å². The van der Waals surface area contributed by atoms with Gasteiger partial charge in [0, 0.05) is 18.7 Å². The van der Waals surface area contributed by atoms with Crippen LogP contribution in [0.3, 0.4) is 0 Å². The van der Waals surface area contributed by atoms with Crippen LogP contribution in [0.15, 0.2) is 48.5 Å². The van der Waals surface area contributed by atoms with E-state index < -0.39 is 35.8 Å². The molecule has 0 aliphatic carbocycles. The number of carbonyl (C=O) groups is 2. The molecule has 2 aromatic carbocycles. The lowest BCUT2D eigenvalue weighted by Crippen LogP contribution is -2.40. The quantitative estimate of drug-likeness (QED) is 0.261. The summed E-state index contributed by atoms with van der Waals surface area (Å²) in [7, 11) is 0. The van der Waals surface area contributed by atoms with Gasteiger partial charge < -0.3 is 19.5 Å². The van der Waals surface area contributed by atoms with Crippen LogP contribution >= 0.6 is 11.3 Å². The van der Waals surface area contributed by atoms with E-state index in [0.29, 0.717) is 28.5 Å². The van der Waals surface area contributed by atoms with Gasteiger partial charge in [-0.15, -0.1) is 23.4 Å². The number of halogens is 3. The normalized spacial score (nSPS) is 12.8. The predicted molar refractivity (Wildman–Crippen MR) is 157 cm³/mol. The molecule has 43 heavy (non-hydrogen) atoms. The number of nitrogens with zero attached hydrogens (tertiary/aromatic N) is 3. The third-order valence-electron chi connectivity index (χ3n) is 5.67. The number of rotatable bonds is 9. The second kappa shape index (κ2) is 13.6. The molecule has 1 N–H and O–H groups in total. The van der Waals surface area contributed by atoms with Gasteiger partial charge in [-0.1, -0.05) is 47.7 Å². The molecule has 0 radical (unpaired) electrons. The highest BCUT2D eigenvalue weighted by molar-refractivity contribution is 7.14. The Balaban J connectivity index is 1.86. The van der Waals surface area contributed by atoms with Crippen LogP contribution in [0.5, 0.6) is 5.75 Å². The van der Waals surface area contributed by atoms with E-state index in [-0.39, 0.29) is 12.3 Å². The number of benzene rings is 2. The topological polar surface area (TPSA) is 103 Å². The molecule has 0 fully saturated rings. The molecule has 3 rings (SSSR count). The minimum absolute atomic E-state index is 0.272. The first kappa shape index (κ1) is 33.6. The molecule has 1 heterocycles. The first-order chi connectivity index (χ1) is 19.9. The molecule has 234 valence electrons. The summed E-state index contributed by atoms with van der Waals surface area (Å²) in [6.45, 7) is 13.1. The molecule has 9 nitrogen and oxygen atoms in total. The van der Waals surface area contributed by atoms with E-state index in [9.17, 15) is 22.8 Å². The average Bonchev–Trinajstić information content (AvgIpc) is 3.35. The Hall–Kier alpha value is -3.87. The Kier molecular flexibility index (Phi) is 10.7. The summed E-state index contributed by atoms with van der Waals surface area (Å²) >= 11 is 1.17. The number of ether oxygens (including phenoxy) is 3. The summed E-state index contributed by atoms with van der Waals surface area (Å²) in [6.07, 6.45) is -5.52. The van der Waals surface area contributed by atoms with Crippen molar-refractivity contribution >= 4 is 23.5 Å². The first-order valence-corrected chi connectivity index (χ1v) is 14.5. The minimum Gasteiger partial charge on any atom is -0.444 e. The highest BCUT2D eigenvalue weighted by Gasteiger charge is 2.33. The van der Waals surface area contributed by atoms with Crippen molar-refractivity contribution < 1.29 is 37.0 Å². The monoisotopic (exact) mass is 622 g/mol. The van der Waals surface area contributed by atoms with Crippen LogP contribution in [-0.4, -0.2) is 51.4 Å². The van der Waals surface area contributed by atoms with Crippen LogP contribution < -0.4 is 10.1 Å². The summed E-state index contributed by atoms with van der Waals surface area (Å²) in [5.74, 6) is -0.372. The zero-order valence-electron chi connectivity index (χ0n) is 25.2. The van der Waals surface area contributed by atoms with Gasteiger partial charge in [0.05, 0.1) is 6.04 Å². The summed E-state index contributed by atoms with van der Waals surface area (Å²) < 4.78 is 53.2. The zero-order chi connectivity index (χ0) is 32.0. The molecule has 1 unspecified atom stereocenters. The Bertz CT molecular complexity index is 1380. The van der Waals surface area contributed by atoms with Crippen molar-refractivity contribution in [1.29, 1.82) is 0 Å². The van der Waals surface area contributed by atoms with Crippen molar-refractivity contribution in [3.05, 3.63) is 64.7 Å². The van der Waals surface area contributed by atoms with E-state index in [1.807, 2.05) is 31.2 Å². The number of hydrogen-bond acceptors (Lipinski definition) is 8. The van der Waals surface area contributed by atoms with Crippen LogP contribution in [0.1, 0.15) is 70.6 Å². The van der Waals surface area contributed by atoms with Crippen LogP contribution in [0, 0.1) is 0 Å². The van der Waals surface area contributed by atoms with Gasteiger partial charge in [-0.05, 0) is 78.1 Å². The maximum Gasteiger partial charge on any atom is 0.573 e. The molecule has 0 spiro atoms. The minimum atomic E-state index is -4.83. The van der Waals surface area contributed by atoms with Crippen molar-refractivity contribution in [3.63, 3.8) is 0 Å². The Morgan fingerprint density at radius 3 is 2.14 bits per heavy atom. The van der Waals surface area contributed by atoms with Gasteiger partial charge in [-0.2, -0.15) is 0 Å². The molecule has 0 aliphatic rings. The number of likely N-dealkylation sites (N-methyl/N-ethyl adjacent to an activating group) is 1. The molecule has 3 aromatic rings.